The van der Waals surface area contributed by atoms with Gasteiger partial charge in [-0.2, -0.15) is 11.3 Å². The Morgan fingerprint density at radius 2 is 1.71 bits per heavy atom. The van der Waals surface area contributed by atoms with Crippen molar-refractivity contribution in [2.45, 2.75) is 43.9 Å². The maximum Gasteiger partial charge on any atom is 0 e. The molecule has 0 atom stereocenters. The molecule has 3 heterocycles. The minimum atomic E-state index is -2.14. The van der Waals surface area contributed by atoms with Crippen molar-refractivity contribution in [3.8, 4) is 22.5 Å². The van der Waals surface area contributed by atoms with Crippen molar-refractivity contribution in [1.29, 1.82) is 0 Å². The number of benzene rings is 3. The molecule has 6 aromatic rings. The fraction of sp³-hybridized carbons (Fsp3) is 0.200. The van der Waals surface area contributed by atoms with E-state index >= 15 is 0 Å². The molecule has 0 aliphatic carbocycles. The van der Waals surface area contributed by atoms with E-state index in [1.807, 2.05) is 44.3 Å². The number of rotatable bonds is 4. The van der Waals surface area contributed by atoms with E-state index in [0.717, 1.165) is 32.8 Å². The summed E-state index contributed by atoms with van der Waals surface area (Å²) < 4.78 is 47.4. The minimum Gasteiger partial charge on any atom is 0 e. The zero-order valence-corrected chi connectivity index (χ0v) is 28.9. The number of pyridine rings is 2. The summed E-state index contributed by atoms with van der Waals surface area (Å²) in [6.45, 7) is 1.66. The summed E-state index contributed by atoms with van der Waals surface area (Å²) in [6.07, 6.45) is 3.15. The summed E-state index contributed by atoms with van der Waals surface area (Å²) in [6, 6.07) is 28.5. The average Bonchev–Trinajstić information content (AvgIpc) is 3.35. The van der Waals surface area contributed by atoms with E-state index in [4.69, 9.17) is 5.48 Å². The number of nitrogens with zero attached hydrogens (tertiary/aromatic N) is 2. The van der Waals surface area contributed by atoms with Gasteiger partial charge < -0.3 is 4.98 Å². The Hall–Kier alpha value is -2.70. The summed E-state index contributed by atoms with van der Waals surface area (Å²) in [5.74, 6) is 5.86. The number of halogens is 1. The van der Waals surface area contributed by atoms with E-state index in [9.17, 15) is 4.39 Å². The van der Waals surface area contributed by atoms with Crippen LogP contribution in [0.3, 0.4) is 0 Å². The number of thiophene rings is 1. The van der Waals surface area contributed by atoms with Gasteiger partial charge in [0.1, 0.15) is 5.82 Å². The summed E-state index contributed by atoms with van der Waals surface area (Å²) in [4.78, 5) is 8.74. The van der Waals surface area contributed by atoms with Crippen molar-refractivity contribution in [3.63, 3.8) is 0 Å². The fourth-order valence-corrected chi connectivity index (χ4v) is 9.13. The van der Waals surface area contributed by atoms with Crippen LogP contribution in [-0.4, -0.2) is 23.2 Å². The molecule has 211 valence electrons. The van der Waals surface area contributed by atoms with E-state index in [0.29, 0.717) is 0 Å². The van der Waals surface area contributed by atoms with Crippen molar-refractivity contribution in [2.24, 2.45) is 0 Å². The average molecular weight is 802 g/mol. The number of hydrogen-bond donors (Lipinski definition) is 0. The molecule has 6 rings (SSSR count). The first-order valence-electron chi connectivity index (χ1n) is 15.1. The molecule has 0 N–H and O–H groups in total. The fourth-order valence-electron chi connectivity index (χ4n) is 4.60. The Kier molecular flexibility index (Phi) is 8.29. The summed E-state index contributed by atoms with van der Waals surface area (Å²) in [5, 5.41) is 2.44. The van der Waals surface area contributed by atoms with Gasteiger partial charge in [-0.05, 0) is 27.9 Å². The minimum absolute atomic E-state index is 0. The molecule has 0 unspecified atom stereocenters. The van der Waals surface area contributed by atoms with Crippen LogP contribution in [-0.2, 0) is 20.1 Å². The quantitative estimate of drug-likeness (QED) is 0.131. The second kappa shape index (κ2) is 13.1. The second-order valence-electron chi connectivity index (χ2n) is 10.9. The Balaban J connectivity index is 0.000000203. The summed E-state index contributed by atoms with van der Waals surface area (Å²) in [5.41, 5.74) is 4.45. The largest absolute Gasteiger partial charge is 0 e. The molecule has 0 aliphatic rings. The zero-order chi connectivity index (χ0) is 31.9. The van der Waals surface area contributed by atoms with Crippen LogP contribution in [0.25, 0.3) is 42.7 Å². The predicted molar refractivity (Wildman–Crippen MR) is 172 cm³/mol. The molecule has 2 nitrogen and oxygen atoms in total. The third-order valence-electron chi connectivity index (χ3n) is 6.66. The molecule has 3 aromatic heterocycles. The SMILES string of the molecule is Fc1ccc(-c2[c-]ccc3c2sc2ccccc23)nc1.[2H]C([2H])([2H])c1c[c-]c(-c2cc(C([2H])(C)C)[c]([Ge]([CH3])([CH3])[CH3])cn2)cc1.[Ir]. The van der Waals surface area contributed by atoms with Gasteiger partial charge in [0.2, 0.25) is 0 Å². The topological polar surface area (TPSA) is 25.8 Å². The van der Waals surface area contributed by atoms with Crippen LogP contribution >= 0.6 is 11.3 Å². The first-order valence-corrected chi connectivity index (χ1v) is 21.3. The molecule has 3 aromatic carbocycles. The Labute approximate surface area is 268 Å². The molecule has 0 saturated heterocycles. The van der Waals surface area contributed by atoms with Gasteiger partial charge in [-0.25, -0.2) is 4.39 Å². The van der Waals surface area contributed by atoms with Gasteiger partial charge in [0.05, 0.1) is 6.20 Å². The number of fused-ring (bicyclic) bond motifs is 3. The van der Waals surface area contributed by atoms with E-state index in [1.165, 1.54) is 38.2 Å². The van der Waals surface area contributed by atoms with Crippen LogP contribution in [0.15, 0.2) is 85.2 Å². The Morgan fingerprint density at radius 3 is 2.37 bits per heavy atom. The van der Waals surface area contributed by atoms with Gasteiger partial charge in [0.15, 0.2) is 0 Å². The van der Waals surface area contributed by atoms with Crippen molar-refractivity contribution >= 4 is 49.2 Å². The maximum absolute atomic E-state index is 13.0. The van der Waals surface area contributed by atoms with Crippen LogP contribution in [0.2, 0.25) is 17.3 Å². The molecule has 0 fully saturated rings. The maximum atomic E-state index is 13.0. The summed E-state index contributed by atoms with van der Waals surface area (Å²) in [7, 11) is 0. The third-order valence-corrected chi connectivity index (χ3v) is 12.1. The number of aromatic nitrogens is 2. The van der Waals surface area contributed by atoms with Gasteiger partial charge in [0, 0.05) is 24.8 Å². The van der Waals surface area contributed by atoms with Crippen LogP contribution in [0.5, 0.6) is 0 Å². The van der Waals surface area contributed by atoms with Gasteiger partial charge >= 0.3 is 131 Å². The molecule has 6 heteroatoms. The van der Waals surface area contributed by atoms with E-state index in [2.05, 4.69) is 57.6 Å². The molecule has 0 amide bonds. The van der Waals surface area contributed by atoms with E-state index in [-0.39, 0.29) is 31.5 Å². The smallest absolute Gasteiger partial charge is 0 e. The van der Waals surface area contributed by atoms with Crippen LogP contribution in [0.1, 0.15) is 36.4 Å². The van der Waals surface area contributed by atoms with Crippen molar-refractivity contribution in [1.82, 2.24) is 9.97 Å². The molecule has 0 bridgehead atoms. The molecule has 0 spiro atoms. The molecule has 0 saturated carbocycles. The normalized spacial score (nSPS) is 13.3. The molecular weight excluding hydrogens is 764 g/mol. The van der Waals surface area contributed by atoms with E-state index < -0.39 is 26.0 Å². The Morgan fingerprint density at radius 1 is 0.927 bits per heavy atom. The summed E-state index contributed by atoms with van der Waals surface area (Å²) >= 11 is -0.418. The predicted octanol–water partition coefficient (Wildman–Crippen LogP) is 9.58. The standard InChI is InChI=1S/C18H24GeN.C17H9FNS.Ir/c1-13(2)16-11-18(15-9-7-14(3)8-10-15)20-12-17(16)19(4,5)6;18-11-8-9-15(19-10-11)14-6-3-5-13-12-4-1-2-7-16(12)20-17(13)14;/h7-9,11-13H,1-6H3;1-5,7-10H;/q2*-1;/i3D3,13D;;. The first kappa shape index (κ1) is 26.0. The molecule has 41 heavy (non-hydrogen) atoms. The van der Waals surface area contributed by atoms with E-state index in [1.54, 1.807) is 29.5 Å². The molecule has 0 aliphatic heterocycles. The van der Waals surface area contributed by atoms with Gasteiger partial charge in [-0.1, -0.05) is 29.7 Å². The number of hydrogen-bond acceptors (Lipinski definition) is 3. The van der Waals surface area contributed by atoms with Gasteiger partial charge in [-0.3, -0.25) is 0 Å². The number of aryl methyl sites for hydroxylation is 1. The van der Waals surface area contributed by atoms with Crippen molar-refractivity contribution in [3.05, 3.63) is 114 Å². The van der Waals surface area contributed by atoms with Crippen molar-refractivity contribution in [2.75, 3.05) is 0 Å². The molecular formula is C35H33FGeIrN2S-2. The van der Waals surface area contributed by atoms with Crippen molar-refractivity contribution < 1.29 is 30.0 Å². The molecule has 1 radical (unpaired) electrons. The van der Waals surface area contributed by atoms with Gasteiger partial charge in [-0.15, -0.1) is 23.8 Å². The van der Waals surface area contributed by atoms with Crippen LogP contribution in [0.4, 0.5) is 4.39 Å². The second-order valence-corrected chi connectivity index (χ2v) is 22.5. The zero-order valence-electron chi connectivity index (χ0n) is 27.6. The van der Waals surface area contributed by atoms with Crippen LogP contribution < -0.4 is 4.40 Å². The monoisotopic (exact) mass is 803 g/mol. The van der Waals surface area contributed by atoms with Gasteiger partial charge in [0.25, 0.3) is 0 Å². The Bertz CT molecular complexity index is 1930. The van der Waals surface area contributed by atoms with Crippen LogP contribution in [0, 0.1) is 24.8 Å². The first-order chi connectivity index (χ1) is 20.6. The third kappa shape index (κ3) is 7.03.